The van der Waals surface area contributed by atoms with Gasteiger partial charge in [0.1, 0.15) is 0 Å². The summed E-state index contributed by atoms with van der Waals surface area (Å²) in [5.41, 5.74) is 2.11. The number of benzene rings is 3. The Bertz CT molecular complexity index is 1190. The highest BCUT2D eigenvalue weighted by atomic mass is 16.6. The summed E-state index contributed by atoms with van der Waals surface area (Å²) in [6, 6.07) is 22.7. The molecule has 0 N–H and O–H groups in total. The molecule has 0 spiro atoms. The molecule has 0 aliphatic rings. The van der Waals surface area contributed by atoms with E-state index in [4.69, 9.17) is 9.47 Å². The zero-order chi connectivity index (χ0) is 20.1. The lowest BCUT2D eigenvalue weighted by molar-refractivity contribution is 0.0729. The highest BCUT2D eigenvalue weighted by Gasteiger charge is 2.12. The SMILES string of the molecule is COc1cc(C=Nc2ccc3ccccc3c2)ccc1OC(=O)c1ccncc1. The third kappa shape index (κ3) is 4.30. The molecule has 0 radical (unpaired) electrons. The van der Waals surface area contributed by atoms with Gasteiger partial charge >= 0.3 is 5.97 Å². The van der Waals surface area contributed by atoms with Crippen LogP contribution in [0.25, 0.3) is 10.8 Å². The van der Waals surface area contributed by atoms with Crippen LogP contribution in [-0.4, -0.2) is 24.3 Å². The van der Waals surface area contributed by atoms with Gasteiger partial charge in [-0.15, -0.1) is 0 Å². The second-order valence-corrected chi connectivity index (χ2v) is 6.33. The first-order valence-electron chi connectivity index (χ1n) is 9.06. The lowest BCUT2D eigenvalue weighted by atomic mass is 10.1. The summed E-state index contributed by atoms with van der Waals surface area (Å²) >= 11 is 0. The Morgan fingerprint density at radius 2 is 1.69 bits per heavy atom. The van der Waals surface area contributed by atoms with Gasteiger partial charge in [-0.2, -0.15) is 0 Å². The van der Waals surface area contributed by atoms with Crippen LogP contribution in [0.2, 0.25) is 0 Å². The average Bonchev–Trinajstić information content (AvgIpc) is 2.78. The molecule has 4 aromatic rings. The summed E-state index contributed by atoms with van der Waals surface area (Å²) < 4.78 is 10.8. The minimum absolute atomic E-state index is 0.345. The number of nitrogens with zero attached hydrogens (tertiary/aromatic N) is 2. The van der Waals surface area contributed by atoms with Gasteiger partial charge < -0.3 is 9.47 Å². The van der Waals surface area contributed by atoms with Crippen LogP contribution in [0.4, 0.5) is 5.69 Å². The molecule has 5 nitrogen and oxygen atoms in total. The summed E-state index contributed by atoms with van der Waals surface area (Å²) in [4.78, 5) is 20.7. The first-order chi connectivity index (χ1) is 14.2. The molecule has 0 saturated heterocycles. The first kappa shape index (κ1) is 18.4. The number of ether oxygens (including phenoxy) is 2. The highest BCUT2D eigenvalue weighted by Crippen LogP contribution is 2.29. The highest BCUT2D eigenvalue weighted by molar-refractivity contribution is 5.92. The van der Waals surface area contributed by atoms with Gasteiger partial charge in [0.2, 0.25) is 0 Å². The predicted octanol–water partition coefficient (Wildman–Crippen LogP) is 5.21. The van der Waals surface area contributed by atoms with Gasteiger partial charge in [-0.05, 0) is 58.8 Å². The van der Waals surface area contributed by atoms with Gasteiger partial charge in [0.15, 0.2) is 11.5 Å². The van der Waals surface area contributed by atoms with Crippen molar-refractivity contribution >= 4 is 28.6 Å². The van der Waals surface area contributed by atoms with Gasteiger partial charge in [0, 0.05) is 18.6 Å². The molecule has 1 heterocycles. The number of methoxy groups -OCH3 is 1. The first-order valence-corrected chi connectivity index (χ1v) is 9.06. The number of rotatable bonds is 5. The Kier molecular flexibility index (Phi) is 5.29. The second kappa shape index (κ2) is 8.35. The Labute approximate surface area is 168 Å². The Balaban J connectivity index is 1.54. The predicted molar refractivity (Wildman–Crippen MR) is 113 cm³/mol. The van der Waals surface area contributed by atoms with Crippen LogP contribution in [0.1, 0.15) is 15.9 Å². The van der Waals surface area contributed by atoms with Crippen LogP contribution in [0.3, 0.4) is 0 Å². The molecule has 0 aliphatic heterocycles. The van der Waals surface area contributed by atoms with E-state index in [-0.39, 0.29) is 0 Å². The van der Waals surface area contributed by atoms with Crippen molar-refractivity contribution < 1.29 is 14.3 Å². The molecule has 0 unspecified atom stereocenters. The van der Waals surface area contributed by atoms with E-state index in [2.05, 4.69) is 22.1 Å². The third-order valence-corrected chi connectivity index (χ3v) is 4.40. The largest absolute Gasteiger partial charge is 0.493 e. The molecule has 142 valence electrons. The van der Waals surface area contributed by atoms with Crippen molar-refractivity contribution in [2.24, 2.45) is 4.99 Å². The average molecular weight is 382 g/mol. The number of carbonyl (C=O) groups is 1. The van der Waals surface area contributed by atoms with Gasteiger partial charge in [-0.1, -0.05) is 30.3 Å². The summed E-state index contributed by atoms with van der Waals surface area (Å²) in [6.07, 6.45) is 4.83. The van der Waals surface area contributed by atoms with Crippen molar-refractivity contribution in [2.75, 3.05) is 7.11 Å². The molecule has 0 bridgehead atoms. The van der Waals surface area contributed by atoms with E-state index < -0.39 is 5.97 Å². The molecule has 0 aliphatic carbocycles. The van der Waals surface area contributed by atoms with Crippen LogP contribution in [0, 0.1) is 0 Å². The van der Waals surface area contributed by atoms with Crippen LogP contribution < -0.4 is 9.47 Å². The molecule has 0 fully saturated rings. The second-order valence-electron chi connectivity index (χ2n) is 6.33. The smallest absolute Gasteiger partial charge is 0.343 e. The van der Waals surface area contributed by atoms with Gasteiger partial charge in [-0.25, -0.2) is 4.79 Å². The molecule has 1 aromatic heterocycles. The van der Waals surface area contributed by atoms with Crippen molar-refractivity contribution in [3.05, 3.63) is 96.3 Å². The Hall–Kier alpha value is -3.99. The fourth-order valence-electron chi connectivity index (χ4n) is 2.90. The lowest BCUT2D eigenvalue weighted by Crippen LogP contribution is -2.09. The van der Waals surface area contributed by atoms with E-state index in [0.29, 0.717) is 17.1 Å². The molecule has 3 aromatic carbocycles. The molecule has 0 amide bonds. The molecular formula is C24H18N2O3. The van der Waals surface area contributed by atoms with Crippen LogP contribution >= 0.6 is 0 Å². The number of fused-ring (bicyclic) bond motifs is 1. The minimum Gasteiger partial charge on any atom is -0.493 e. The molecule has 5 heteroatoms. The normalized spacial score (nSPS) is 10.9. The van der Waals surface area contributed by atoms with E-state index >= 15 is 0 Å². The van der Waals surface area contributed by atoms with Crippen molar-refractivity contribution in [3.63, 3.8) is 0 Å². The molecule has 4 rings (SSSR count). The zero-order valence-corrected chi connectivity index (χ0v) is 15.8. The fourth-order valence-corrected chi connectivity index (χ4v) is 2.90. The summed E-state index contributed by atoms with van der Waals surface area (Å²) in [5.74, 6) is 0.329. The van der Waals surface area contributed by atoms with E-state index in [1.54, 1.807) is 42.9 Å². The number of hydrogen-bond acceptors (Lipinski definition) is 5. The van der Waals surface area contributed by atoms with Crippen LogP contribution in [-0.2, 0) is 0 Å². The quantitative estimate of drug-likeness (QED) is 0.270. The molecular weight excluding hydrogens is 364 g/mol. The maximum atomic E-state index is 12.3. The van der Waals surface area contributed by atoms with Gasteiger partial charge in [-0.3, -0.25) is 9.98 Å². The van der Waals surface area contributed by atoms with Gasteiger partial charge in [0.05, 0.1) is 18.4 Å². The van der Waals surface area contributed by atoms with Crippen LogP contribution in [0.15, 0.2) is 90.2 Å². The monoisotopic (exact) mass is 382 g/mol. The van der Waals surface area contributed by atoms with Crippen molar-refractivity contribution in [1.82, 2.24) is 4.98 Å². The molecule has 0 saturated carbocycles. The third-order valence-electron chi connectivity index (χ3n) is 4.40. The van der Waals surface area contributed by atoms with Crippen LogP contribution in [0.5, 0.6) is 11.5 Å². The minimum atomic E-state index is -0.469. The van der Waals surface area contributed by atoms with Crippen molar-refractivity contribution in [1.29, 1.82) is 0 Å². The maximum Gasteiger partial charge on any atom is 0.343 e. The molecule has 0 atom stereocenters. The number of hydrogen-bond donors (Lipinski definition) is 0. The lowest BCUT2D eigenvalue weighted by Gasteiger charge is -2.09. The topological polar surface area (TPSA) is 60.8 Å². The summed E-state index contributed by atoms with van der Waals surface area (Å²) in [7, 11) is 1.53. The fraction of sp³-hybridized carbons (Fsp3) is 0.0417. The van der Waals surface area contributed by atoms with Crippen molar-refractivity contribution in [2.45, 2.75) is 0 Å². The van der Waals surface area contributed by atoms with E-state index in [9.17, 15) is 4.79 Å². The Morgan fingerprint density at radius 3 is 2.48 bits per heavy atom. The number of carbonyl (C=O) groups excluding carboxylic acids is 1. The summed E-state index contributed by atoms with van der Waals surface area (Å²) in [5, 5.41) is 2.31. The number of pyridine rings is 1. The summed E-state index contributed by atoms with van der Waals surface area (Å²) in [6.45, 7) is 0. The standard InChI is InChI=1S/C24H18N2O3/c1-28-23-14-17(6-9-22(23)29-24(27)19-10-12-25-13-11-19)16-26-21-8-7-18-4-2-3-5-20(18)15-21/h2-16H,1H3. The number of aliphatic imine (C=N–C) groups is 1. The number of esters is 1. The molecule has 29 heavy (non-hydrogen) atoms. The Morgan fingerprint density at radius 1 is 0.897 bits per heavy atom. The zero-order valence-electron chi connectivity index (χ0n) is 15.8. The van der Waals surface area contributed by atoms with Gasteiger partial charge in [0.25, 0.3) is 0 Å². The maximum absolute atomic E-state index is 12.3. The van der Waals surface area contributed by atoms with E-state index in [0.717, 1.165) is 16.6 Å². The van der Waals surface area contributed by atoms with E-state index in [1.165, 1.54) is 12.5 Å². The number of aromatic nitrogens is 1. The van der Waals surface area contributed by atoms with E-state index in [1.807, 2.05) is 36.4 Å². The van der Waals surface area contributed by atoms with Crippen molar-refractivity contribution in [3.8, 4) is 11.5 Å².